The first-order valence-corrected chi connectivity index (χ1v) is 8.89. The summed E-state index contributed by atoms with van der Waals surface area (Å²) in [6.45, 7) is 6.06. The smallest absolute Gasteiger partial charge is 0.168 e. The summed E-state index contributed by atoms with van der Waals surface area (Å²) in [7, 11) is 0. The molecule has 4 rings (SSSR count). The van der Waals surface area contributed by atoms with Crippen LogP contribution in [-0.2, 0) is 13.0 Å². The molecule has 1 aliphatic carbocycles. The number of benzene rings is 1. The number of carbonyl (C=O) groups excluding carboxylic acids is 1. The summed E-state index contributed by atoms with van der Waals surface area (Å²) >= 11 is 0. The van der Waals surface area contributed by atoms with Crippen molar-refractivity contribution < 1.29 is 14.3 Å². The van der Waals surface area contributed by atoms with Crippen molar-refractivity contribution in [1.82, 2.24) is 4.57 Å². The normalized spacial score (nSPS) is 15.6. The first-order chi connectivity index (χ1) is 11.7. The molecule has 126 valence electrons. The maximum atomic E-state index is 12.7. The fourth-order valence-corrected chi connectivity index (χ4v) is 3.53. The van der Waals surface area contributed by atoms with Crippen LogP contribution in [0, 0.1) is 5.92 Å². The molecule has 0 N–H and O–H groups in total. The summed E-state index contributed by atoms with van der Waals surface area (Å²) in [5.74, 6) is 2.09. The topological polar surface area (TPSA) is 40.5 Å². The van der Waals surface area contributed by atoms with Crippen molar-refractivity contribution in [2.75, 3.05) is 13.2 Å². The lowest BCUT2D eigenvalue weighted by Crippen LogP contribution is -2.13. The summed E-state index contributed by atoms with van der Waals surface area (Å²) < 4.78 is 13.7. The number of hydrogen-bond acceptors (Lipinski definition) is 3. The molecule has 2 aromatic rings. The van der Waals surface area contributed by atoms with Gasteiger partial charge in [-0.2, -0.15) is 0 Å². The van der Waals surface area contributed by atoms with E-state index in [1.54, 1.807) is 0 Å². The van der Waals surface area contributed by atoms with Crippen LogP contribution in [0.4, 0.5) is 0 Å². The van der Waals surface area contributed by atoms with Crippen LogP contribution in [0.3, 0.4) is 0 Å². The molecule has 0 atom stereocenters. The quantitative estimate of drug-likeness (QED) is 0.751. The van der Waals surface area contributed by atoms with Crippen LogP contribution in [0.25, 0.3) is 11.3 Å². The van der Waals surface area contributed by atoms with E-state index in [9.17, 15) is 4.79 Å². The van der Waals surface area contributed by atoms with Crippen molar-refractivity contribution in [1.29, 1.82) is 0 Å². The Morgan fingerprint density at radius 3 is 2.54 bits per heavy atom. The highest BCUT2D eigenvalue weighted by Gasteiger charge is 2.34. The highest BCUT2D eigenvalue weighted by atomic mass is 16.5. The lowest BCUT2D eigenvalue weighted by Gasteiger charge is -2.23. The number of fused-ring (bicyclic) bond motifs is 3. The van der Waals surface area contributed by atoms with Gasteiger partial charge in [0.2, 0.25) is 0 Å². The summed E-state index contributed by atoms with van der Waals surface area (Å²) in [5.41, 5.74) is 4.27. The maximum absolute atomic E-state index is 12.7. The van der Waals surface area contributed by atoms with Crippen LogP contribution < -0.4 is 9.47 Å². The average Bonchev–Trinajstić information content (AvgIpc) is 3.34. The SMILES string of the molecule is CCOc1cc2c(cc1OCC)-c1c(C(=O)C3CC3)ccn1CC2. The molecule has 0 radical (unpaired) electrons. The maximum Gasteiger partial charge on any atom is 0.168 e. The van der Waals surface area contributed by atoms with Gasteiger partial charge in [0.15, 0.2) is 17.3 Å². The minimum absolute atomic E-state index is 0.233. The summed E-state index contributed by atoms with van der Waals surface area (Å²) in [5, 5.41) is 0. The fraction of sp³-hybridized carbons (Fsp3) is 0.450. The molecular formula is C20H23NO3. The van der Waals surface area contributed by atoms with Gasteiger partial charge in [0.05, 0.1) is 18.9 Å². The number of ether oxygens (including phenoxy) is 2. The second-order valence-corrected chi connectivity index (χ2v) is 6.48. The fourth-order valence-electron chi connectivity index (χ4n) is 3.53. The molecule has 1 saturated carbocycles. The lowest BCUT2D eigenvalue weighted by molar-refractivity contribution is 0.0968. The van der Waals surface area contributed by atoms with Crippen LogP contribution in [0.15, 0.2) is 24.4 Å². The zero-order chi connectivity index (χ0) is 16.7. The summed E-state index contributed by atoms with van der Waals surface area (Å²) in [6, 6.07) is 6.13. The number of aryl methyl sites for hydroxylation is 2. The van der Waals surface area contributed by atoms with Crippen molar-refractivity contribution in [2.45, 2.75) is 39.7 Å². The molecule has 0 spiro atoms. The van der Waals surface area contributed by atoms with E-state index in [0.29, 0.717) is 19.0 Å². The van der Waals surface area contributed by atoms with Crippen molar-refractivity contribution >= 4 is 5.78 Å². The second-order valence-electron chi connectivity index (χ2n) is 6.48. The van der Waals surface area contributed by atoms with E-state index >= 15 is 0 Å². The minimum atomic E-state index is 0.233. The third kappa shape index (κ3) is 2.50. The van der Waals surface area contributed by atoms with Gasteiger partial charge in [0.1, 0.15) is 0 Å². The molecule has 0 unspecified atom stereocenters. The first-order valence-electron chi connectivity index (χ1n) is 8.89. The number of carbonyl (C=O) groups is 1. The number of hydrogen-bond donors (Lipinski definition) is 0. The van der Waals surface area contributed by atoms with E-state index in [0.717, 1.165) is 54.1 Å². The summed E-state index contributed by atoms with van der Waals surface area (Å²) in [4.78, 5) is 12.7. The van der Waals surface area contributed by atoms with Gasteiger partial charge in [0, 0.05) is 29.8 Å². The molecule has 2 heterocycles. The van der Waals surface area contributed by atoms with Gasteiger partial charge in [0.25, 0.3) is 0 Å². The molecule has 1 aliphatic heterocycles. The number of aromatic nitrogens is 1. The van der Waals surface area contributed by atoms with Crippen LogP contribution >= 0.6 is 0 Å². The standard InChI is InChI=1S/C20H23NO3/c1-3-23-17-11-14-7-9-21-10-8-15(20(22)13-5-6-13)19(21)16(14)12-18(17)24-4-2/h8,10-13H,3-7,9H2,1-2H3. The van der Waals surface area contributed by atoms with Crippen molar-refractivity contribution in [3.05, 3.63) is 35.5 Å². The Morgan fingerprint density at radius 2 is 1.88 bits per heavy atom. The van der Waals surface area contributed by atoms with Crippen LogP contribution in [0.1, 0.15) is 42.6 Å². The molecule has 1 fully saturated rings. The van der Waals surface area contributed by atoms with Gasteiger partial charge in [-0.25, -0.2) is 0 Å². The van der Waals surface area contributed by atoms with Gasteiger partial charge in [-0.1, -0.05) is 0 Å². The average molecular weight is 325 g/mol. The molecule has 0 saturated heterocycles. The van der Waals surface area contributed by atoms with Crippen LogP contribution in [-0.4, -0.2) is 23.6 Å². The van der Waals surface area contributed by atoms with E-state index in [2.05, 4.69) is 16.7 Å². The van der Waals surface area contributed by atoms with Crippen LogP contribution in [0.5, 0.6) is 11.5 Å². The predicted molar refractivity (Wildman–Crippen MR) is 93.0 cm³/mol. The monoisotopic (exact) mass is 325 g/mol. The molecule has 1 aromatic heterocycles. The Bertz CT molecular complexity index is 786. The first kappa shape index (κ1) is 15.3. The van der Waals surface area contributed by atoms with E-state index in [1.165, 1.54) is 5.56 Å². The Kier molecular flexibility index (Phi) is 3.83. The van der Waals surface area contributed by atoms with Gasteiger partial charge in [-0.15, -0.1) is 0 Å². The second kappa shape index (κ2) is 6.00. The molecule has 24 heavy (non-hydrogen) atoms. The molecule has 0 bridgehead atoms. The Morgan fingerprint density at radius 1 is 1.17 bits per heavy atom. The van der Waals surface area contributed by atoms with Crippen molar-refractivity contribution in [3.8, 4) is 22.8 Å². The van der Waals surface area contributed by atoms with Gasteiger partial charge in [-0.05, 0) is 56.9 Å². The molecule has 1 aromatic carbocycles. The Labute approximate surface area is 142 Å². The zero-order valence-corrected chi connectivity index (χ0v) is 14.3. The highest BCUT2D eigenvalue weighted by molar-refractivity contribution is 6.05. The van der Waals surface area contributed by atoms with E-state index in [4.69, 9.17) is 9.47 Å². The van der Waals surface area contributed by atoms with E-state index in [-0.39, 0.29) is 5.92 Å². The number of Topliss-reactive ketones (excluding diaryl/α,β-unsaturated/α-hetero) is 1. The molecule has 0 amide bonds. The van der Waals surface area contributed by atoms with E-state index in [1.807, 2.05) is 26.1 Å². The number of ketones is 1. The third-order valence-electron chi connectivity index (χ3n) is 4.82. The number of nitrogens with zero attached hydrogens (tertiary/aromatic N) is 1. The lowest BCUT2D eigenvalue weighted by atomic mass is 9.93. The Balaban J connectivity index is 1.83. The molecule has 4 heteroatoms. The molecular weight excluding hydrogens is 302 g/mol. The highest BCUT2D eigenvalue weighted by Crippen LogP contribution is 2.42. The van der Waals surface area contributed by atoms with E-state index < -0.39 is 0 Å². The largest absolute Gasteiger partial charge is 0.490 e. The molecule has 2 aliphatic rings. The zero-order valence-electron chi connectivity index (χ0n) is 14.3. The third-order valence-corrected chi connectivity index (χ3v) is 4.82. The molecule has 4 nitrogen and oxygen atoms in total. The van der Waals surface area contributed by atoms with Gasteiger partial charge < -0.3 is 14.0 Å². The summed E-state index contributed by atoms with van der Waals surface area (Å²) in [6.07, 6.45) is 5.05. The van der Waals surface area contributed by atoms with Gasteiger partial charge >= 0.3 is 0 Å². The van der Waals surface area contributed by atoms with Crippen LogP contribution in [0.2, 0.25) is 0 Å². The van der Waals surface area contributed by atoms with Crippen molar-refractivity contribution in [2.24, 2.45) is 5.92 Å². The minimum Gasteiger partial charge on any atom is -0.490 e. The predicted octanol–water partition coefficient (Wildman–Crippen LogP) is 4.10. The number of rotatable bonds is 6. The van der Waals surface area contributed by atoms with Crippen molar-refractivity contribution in [3.63, 3.8) is 0 Å². The van der Waals surface area contributed by atoms with Gasteiger partial charge in [-0.3, -0.25) is 4.79 Å². The Hall–Kier alpha value is -2.23.